The lowest BCUT2D eigenvalue weighted by Crippen LogP contribution is -2.42. The zero-order valence-electron chi connectivity index (χ0n) is 19.5. The Morgan fingerprint density at radius 3 is 2.31 bits per heavy atom. The zero-order chi connectivity index (χ0) is 22.7. The summed E-state index contributed by atoms with van der Waals surface area (Å²) >= 11 is 0. The highest BCUT2D eigenvalue weighted by molar-refractivity contribution is 7.89. The minimum absolute atomic E-state index is 0.0817. The molecule has 2 aliphatic heterocycles. The van der Waals surface area contributed by atoms with Crippen LogP contribution in [0.15, 0.2) is 23.1 Å². The molecule has 0 aromatic heterocycles. The SMILES string of the molecule is CC1CCC(N(C)C(=O)c2cc(S(=O)(=O)N3CCCCC3)ccc2N2CCOCC2)CC1. The summed E-state index contributed by atoms with van der Waals surface area (Å²) < 4.78 is 33.7. The van der Waals surface area contributed by atoms with Crippen LogP contribution in [0.4, 0.5) is 5.69 Å². The van der Waals surface area contributed by atoms with Crippen molar-refractivity contribution in [3.8, 4) is 0 Å². The van der Waals surface area contributed by atoms with Gasteiger partial charge in [-0.2, -0.15) is 4.31 Å². The number of carbonyl (C=O) groups is 1. The second-order valence-corrected chi connectivity index (χ2v) is 11.5. The van der Waals surface area contributed by atoms with E-state index in [0.717, 1.165) is 50.6 Å². The second kappa shape index (κ2) is 10.1. The summed E-state index contributed by atoms with van der Waals surface area (Å²) in [5.41, 5.74) is 1.30. The Morgan fingerprint density at radius 2 is 1.66 bits per heavy atom. The predicted molar refractivity (Wildman–Crippen MR) is 126 cm³/mol. The Hall–Kier alpha value is -1.64. The summed E-state index contributed by atoms with van der Waals surface area (Å²) in [6, 6.07) is 5.33. The van der Waals surface area contributed by atoms with Crippen LogP contribution in [-0.2, 0) is 14.8 Å². The van der Waals surface area contributed by atoms with Gasteiger partial charge in [0.05, 0.1) is 23.7 Å². The minimum Gasteiger partial charge on any atom is -0.378 e. The number of morpholine rings is 1. The molecule has 3 fully saturated rings. The summed E-state index contributed by atoms with van der Waals surface area (Å²) in [5, 5.41) is 0. The van der Waals surface area contributed by atoms with Crippen LogP contribution in [-0.4, -0.2) is 76.0 Å². The first kappa shape index (κ1) is 23.5. The molecule has 2 saturated heterocycles. The highest BCUT2D eigenvalue weighted by Gasteiger charge is 2.31. The molecule has 0 unspecified atom stereocenters. The third kappa shape index (κ3) is 4.97. The summed E-state index contributed by atoms with van der Waals surface area (Å²) in [7, 11) is -1.73. The molecule has 1 aromatic carbocycles. The molecule has 8 heteroatoms. The van der Waals surface area contributed by atoms with Crippen LogP contribution in [0.25, 0.3) is 0 Å². The number of benzene rings is 1. The molecule has 0 radical (unpaired) electrons. The van der Waals surface area contributed by atoms with E-state index < -0.39 is 10.0 Å². The van der Waals surface area contributed by atoms with Crippen molar-refractivity contribution in [3.63, 3.8) is 0 Å². The summed E-state index contributed by atoms with van der Waals surface area (Å²) in [4.78, 5) is 17.9. The van der Waals surface area contributed by atoms with E-state index in [1.165, 1.54) is 0 Å². The van der Waals surface area contributed by atoms with Gasteiger partial charge in [0.25, 0.3) is 5.91 Å². The van der Waals surface area contributed by atoms with Crippen molar-refractivity contribution in [3.05, 3.63) is 23.8 Å². The van der Waals surface area contributed by atoms with Gasteiger partial charge in [-0.05, 0) is 62.6 Å². The van der Waals surface area contributed by atoms with E-state index >= 15 is 0 Å². The average Bonchev–Trinajstić information content (AvgIpc) is 2.84. The van der Waals surface area contributed by atoms with Crippen LogP contribution in [0, 0.1) is 5.92 Å². The maximum atomic E-state index is 13.7. The fourth-order valence-corrected chi connectivity index (χ4v) is 6.71. The maximum Gasteiger partial charge on any atom is 0.255 e. The van der Waals surface area contributed by atoms with Crippen LogP contribution in [0.1, 0.15) is 62.2 Å². The fraction of sp³-hybridized carbons (Fsp3) is 0.708. The number of hydrogen-bond donors (Lipinski definition) is 0. The lowest BCUT2D eigenvalue weighted by Gasteiger charge is -2.36. The van der Waals surface area contributed by atoms with Crippen molar-refractivity contribution < 1.29 is 17.9 Å². The Kier molecular flexibility index (Phi) is 7.42. The third-order valence-corrected chi connectivity index (χ3v) is 9.25. The number of anilines is 1. The number of sulfonamides is 1. The van der Waals surface area contributed by atoms with E-state index in [1.54, 1.807) is 16.4 Å². The molecule has 1 saturated carbocycles. The van der Waals surface area contributed by atoms with E-state index in [1.807, 2.05) is 18.0 Å². The van der Waals surface area contributed by atoms with Gasteiger partial charge < -0.3 is 14.5 Å². The van der Waals surface area contributed by atoms with Crippen molar-refractivity contribution in [1.29, 1.82) is 0 Å². The smallest absolute Gasteiger partial charge is 0.255 e. The van der Waals surface area contributed by atoms with Crippen LogP contribution in [0.5, 0.6) is 0 Å². The number of nitrogens with zero attached hydrogens (tertiary/aromatic N) is 3. The molecule has 7 nitrogen and oxygen atoms in total. The standard InChI is InChI=1S/C24H37N3O4S/c1-19-6-8-20(9-7-19)25(2)24(28)22-18-21(32(29,30)27-12-4-3-5-13-27)10-11-23(22)26-14-16-31-17-15-26/h10-11,18-20H,3-9,12-17H2,1-2H3. The monoisotopic (exact) mass is 463 g/mol. The molecule has 2 heterocycles. The molecule has 0 N–H and O–H groups in total. The maximum absolute atomic E-state index is 13.7. The molecular weight excluding hydrogens is 426 g/mol. The lowest BCUT2D eigenvalue weighted by atomic mass is 9.86. The van der Waals surface area contributed by atoms with Crippen LogP contribution >= 0.6 is 0 Å². The molecule has 1 aromatic rings. The van der Waals surface area contributed by atoms with Crippen molar-refractivity contribution in [1.82, 2.24) is 9.21 Å². The number of hydrogen-bond acceptors (Lipinski definition) is 5. The number of piperidine rings is 1. The van der Waals surface area contributed by atoms with E-state index in [0.29, 0.717) is 50.9 Å². The van der Waals surface area contributed by atoms with Gasteiger partial charge >= 0.3 is 0 Å². The molecule has 0 bridgehead atoms. The highest BCUT2D eigenvalue weighted by Crippen LogP contribution is 2.32. The van der Waals surface area contributed by atoms with E-state index in [9.17, 15) is 13.2 Å². The van der Waals surface area contributed by atoms with Gasteiger partial charge in [-0.1, -0.05) is 13.3 Å². The molecule has 0 atom stereocenters. The number of rotatable bonds is 5. The first-order valence-electron chi connectivity index (χ1n) is 12.1. The van der Waals surface area contributed by atoms with Gasteiger partial charge in [-0.15, -0.1) is 0 Å². The topological polar surface area (TPSA) is 70.2 Å². The molecule has 178 valence electrons. The van der Waals surface area contributed by atoms with Gasteiger partial charge in [-0.3, -0.25) is 4.79 Å². The average molecular weight is 464 g/mol. The number of carbonyl (C=O) groups excluding carboxylic acids is 1. The lowest BCUT2D eigenvalue weighted by molar-refractivity contribution is 0.0679. The fourth-order valence-electron chi connectivity index (χ4n) is 5.17. The largest absolute Gasteiger partial charge is 0.378 e. The second-order valence-electron chi connectivity index (χ2n) is 9.57. The highest BCUT2D eigenvalue weighted by atomic mass is 32.2. The van der Waals surface area contributed by atoms with Crippen molar-refractivity contribution >= 4 is 21.6 Å². The van der Waals surface area contributed by atoms with Gasteiger partial charge in [0.1, 0.15) is 0 Å². The number of ether oxygens (including phenoxy) is 1. The Bertz CT molecular complexity index is 900. The zero-order valence-corrected chi connectivity index (χ0v) is 20.3. The van der Waals surface area contributed by atoms with Crippen LogP contribution in [0.2, 0.25) is 0 Å². The quantitative estimate of drug-likeness (QED) is 0.670. The van der Waals surface area contributed by atoms with Gasteiger partial charge in [-0.25, -0.2) is 8.42 Å². The molecule has 1 aliphatic carbocycles. The van der Waals surface area contributed by atoms with E-state index in [4.69, 9.17) is 4.74 Å². The minimum atomic E-state index is -3.60. The normalized spacial score (nSPS) is 25.5. The van der Waals surface area contributed by atoms with Gasteiger partial charge in [0.2, 0.25) is 10.0 Å². The Morgan fingerprint density at radius 1 is 1.00 bits per heavy atom. The Balaban J connectivity index is 1.66. The summed E-state index contributed by atoms with van der Waals surface area (Å²) in [5.74, 6) is 0.624. The van der Waals surface area contributed by atoms with E-state index in [2.05, 4.69) is 11.8 Å². The van der Waals surface area contributed by atoms with E-state index in [-0.39, 0.29) is 16.8 Å². The summed E-state index contributed by atoms with van der Waals surface area (Å²) in [6.07, 6.45) is 7.10. The molecule has 4 rings (SSSR count). The third-order valence-electron chi connectivity index (χ3n) is 7.36. The van der Waals surface area contributed by atoms with Crippen LogP contribution < -0.4 is 4.90 Å². The summed E-state index contributed by atoms with van der Waals surface area (Å²) in [6.45, 7) is 5.99. The molecule has 1 amide bonds. The Labute approximate surface area is 192 Å². The molecule has 32 heavy (non-hydrogen) atoms. The molecule has 0 spiro atoms. The van der Waals surface area contributed by atoms with Gasteiger partial charge in [0, 0.05) is 45.0 Å². The van der Waals surface area contributed by atoms with Gasteiger partial charge in [0.15, 0.2) is 0 Å². The van der Waals surface area contributed by atoms with Crippen LogP contribution in [0.3, 0.4) is 0 Å². The molecular formula is C24H37N3O4S. The van der Waals surface area contributed by atoms with Crippen molar-refractivity contribution in [2.45, 2.75) is 62.8 Å². The molecule has 3 aliphatic rings. The van der Waals surface area contributed by atoms with Crippen molar-refractivity contribution in [2.24, 2.45) is 5.92 Å². The number of amides is 1. The van der Waals surface area contributed by atoms with Crippen molar-refractivity contribution in [2.75, 3.05) is 51.3 Å². The first-order chi connectivity index (χ1) is 15.4. The first-order valence-corrected chi connectivity index (χ1v) is 13.6. The predicted octanol–water partition coefficient (Wildman–Crippen LogP) is 3.35.